The van der Waals surface area contributed by atoms with E-state index < -0.39 is 11.8 Å². The van der Waals surface area contributed by atoms with Crippen molar-refractivity contribution in [1.82, 2.24) is 4.98 Å². The molecule has 1 N–H and O–H groups in total. The minimum absolute atomic E-state index is 0.113. The number of carbonyl (C=O) groups excluding carboxylic acids is 1. The van der Waals surface area contributed by atoms with Crippen molar-refractivity contribution in [3.63, 3.8) is 0 Å². The summed E-state index contributed by atoms with van der Waals surface area (Å²) in [6.07, 6.45) is 1.42. The van der Waals surface area contributed by atoms with Gasteiger partial charge in [0.25, 0.3) is 0 Å². The van der Waals surface area contributed by atoms with E-state index in [2.05, 4.69) is 15.0 Å². The Balaban J connectivity index is 2.34. The van der Waals surface area contributed by atoms with Gasteiger partial charge in [0, 0.05) is 6.20 Å². The third-order valence-electron chi connectivity index (χ3n) is 2.57. The number of ether oxygens (including phenoxy) is 1. The Morgan fingerprint density at radius 1 is 1.45 bits per heavy atom. The van der Waals surface area contributed by atoms with E-state index >= 15 is 0 Å². The van der Waals surface area contributed by atoms with E-state index in [-0.39, 0.29) is 11.3 Å². The normalized spacial score (nSPS) is 9.65. The number of rotatable bonds is 3. The van der Waals surface area contributed by atoms with Crippen molar-refractivity contribution in [3.8, 4) is 6.07 Å². The van der Waals surface area contributed by atoms with Crippen LogP contribution in [0.5, 0.6) is 0 Å². The van der Waals surface area contributed by atoms with Crippen LogP contribution in [0.1, 0.15) is 15.9 Å². The Bertz CT molecular complexity index is 695. The maximum Gasteiger partial charge on any atom is 0.338 e. The van der Waals surface area contributed by atoms with Crippen LogP contribution >= 0.6 is 0 Å². The highest BCUT2D eigenvalue weighted by atomic mass is 19.1. The van der Waals surface area contributed by atoms with Crippen LogP contribution in [0.25, 0.3) is 0 Å². The number of nitriles is 1. The van der Waals surface area contributed by atoms with Gasteiger partial charge in [0.05, 0.1) is 18.4 Å². The summed E-state index contributed by atoms with van der Waals surface area (Å²) < 4.78 is 18.1. The molecule has 2 aromatic rings. The quantitative estimate of drug-likeness (QED) is 0.868. The fourth-order valence-corrected chi connectivity index (χ4v) is 1.62. The van der Waals surface area contributed by atoms with Gasteiger partial charge in [0.1, 0.15) is 23.3 Å². The summed E-state index contributed by atoms with van der Waals surface area (Å²) in [6.45, 7) is 0. The highest BCUT2D eigenvalue weighted by Gasteiger charge is 2.10. The van der Waals surface area contributed by atoms with E-state index in [9.17, 15) is 9.18 Å². The summed E-state index contributed by atoms with van der Waals surface area (Å²) in [6, 6.07) is 8.95. The van der Waals surface area contributed by atoms with E-state index in [0.717, 1.165) is 0 Å². The first-order valence-corrected chi connectivity index (χ1v) is 5.65. The number of hydrogen-bond donors (Lipinski definition) is 1. The van der Waals surface area contributed by atoms with E-state index in [1.807, 2.05) is 0 Å². The van der Waals surface area contributed by atoms with Crippen molar-refractivity contribution in [2.75, 3.05) is 12.4 Å². The maximum atomic E-state index is 13.5. The van der Waals surface area contributed by atoms with Crippen LogP contribution in [0, 0.1) is 17.1 Å². The van der Waals surface area contributed by atoms with Crippen LogP contribution in [0.4, 0.5) is 15.9 Å². The molecule has 0 aliphatic carbocycles. The molecule has 0 atom stereocenters. The first-order chi connectivity index (χ1) is 9.65. The molecule has 20 heavy (non-hydrogen) atoms. The predicted octanol–water partition coefficient (Wildman–Crippen LogP) is 2.62. The molecule has 0 saturated carbocycles. The van der Waals surface area contributed by atoms with Gasteiger partial charge in [0.2, 0.25) is 0 Å². The Kier molecular flexibility index (Phi) is 3.91. The van der Waals surface area contributed by atoms with E-state index in [1.54, 1.807) is 12.1 Å². The molecule has 1 heterocycles. The molecule has 2 rings (SSSR count). The van der Waals surface area contributed by atoms with Crippen LogP contribution in [0.15, 0.2) is 36.5 Å². The second kappa shape index (κ2) is 5.80. The van der Waals surface area contributed by atoms with Gasteiger partial charge in [0.15, 0.2) is 0 Å². The molecule has 1 aromatic heterocycles. The monoisotopic (exact) mass is 271 g/mol. The van der Waals surface area contributed by atoms with Gasteiger partial charge in [-0.05, 0) is 24.3 Å². The molecular weight excluding hydrogens is 261 g/mol. The molecule has 0 unspecified atom stereocenters. The highest BCUT2D eigenvalue weighted by molar-refractivity contribution is 5.90. The van der Waals surface area contributed by atoms with Crippen molar-refractivity contribution in [2.24, 2.45) is 0 Å². The van der Waals surface area contributed by atoms with Gasteiger partial charge >= 0.3 is 5.97 Å². The topological polar surface area (TPSA) is 75.0 Å². The van der Waals surface area contributed by atoms with Gasteiger partial charge in [-0.2, -0.15) is 5.26 Å². The number of carbonyl (C=O) groups is 1. The molecule has 0 bridgehead atoms. The minimum atomic E-state index is -0.623. The second-order valence-corrected chi connectivity index (χ2v) is 3.82. The molecule has 0 aliphatic heterocycles. The number of pyridine rings is 1. The molecule has 0 aliphatic rings. The van der Waals surface area contributed by atoms with E-state index in [4.69, 9.17) is 5.26 Å². The van der Waals surface area contributed by atoms with Crippen LogP contribution in [0.2, 0.25) is 0 Å². The second-order valence-electron chi connectivity index (χ2n) is 3.82. The number of hydrogen-bond acceptors (Lipinski definition) is 5. The summed E-state index contributed by atoms with van der Waals surface area (Å²) in [5, 5.41) is 11.7. The van der Waals surface area contributed by atoms with Gasteiger partial charge in [-0.15, -0.1) is 0 Å². The highest BCUT2D eigenvalue weighted by Crippen LogP contribution is 2.22. The lowest BCUT2D eigenvalue weighted by Crippen LogP contribution is -2.03. The van der Waals surface area contributed by atoms with Crippen molar-refractivity contribution in [1.29, 1.82) is 5.26 Å². The number of nitrogens with one attached hydrogen (secondary N) is 1. The molecule has 0 fully saturated rings. The minimum Gasteiger partial charge on any atom is -0.465 e. The molecule has 0 spiro atoms. The molecule has 100 valence electrons. The SMILES string of the molecule is COC(=O)c1ccnc(Nc2cccc(F)c2C#N)c1. The summed E-state index contributed by atoms with van der Waals surface area (Å²) in [4.78, 5) is 15.4. The first kappa shape index (κ1) is 13.5. The van der Waals surface area contributed by atoms with Gasteiger partial charge < -0.3 is 10.1 Å². The summed E-state index contributed by atoms with van der Waals surface area (Å²) in [5.41, 5.74) is 0.472. The third kappa shape index (κ3) is 2.72. The lowest BCUT2D eigenvalue weighted by atomic mass is 10.2. The Morgan fingerprint density at radius 3 is 2.95 bits per heavy atom. The number of anilines is 2. The lowest BCUT2D eigenvalue weighted by molar-refractivity contribution is 0.0600. The number of esters is 1. The molecule has 0 radical (unpaired) electrons. The van der Waals surface area contributed by atoms with Gasteiger partial charge in [-0.1, -0.05) is 6.07 Å². The molecule has 0 saturated heterocycles. The average Bonchev–Trinajstić information content (AvgIpc) is 2.47. The standard InChI is InChI=1S/C14H10FN3O2/c1-20-14(19)9-5-6-17-13(7-9)18-12-4-2-3-11(15)10(12)8-16/h2-7H,1H3,(H,17,18). The van der Waals surface area contributed by atoms with Crippen LogP contribution in [-0.2, 0) is 4.74 Å². The molecule has 6 heteroatoms. The fraction of sp³-hybridized carbons (Fsp3) is 0.0714. The molecule has 1 aromatic carbocycles. The zero-order valence-corrected chi connectivity index (χ0v) is 10.6. The van der Waals surface area contributed by atoms with Gasteiger partial charge in [-0.25, -0.2) is 14.2 Å². The Labute approximate surface area is 114 Å². The number of benzene rings is 1. The summed E-state index contributed by atoms with van der Waals surface area (Å²) in [7, 11) is 1.27. The van der Waals surface area contributed by atoms with Crippen molar-refractivity contribution >= 4 is 17.5 Å². The van der Waals surface area contributed by atoms with E-state index in [0.29, 0.717) is 11.4 Å². The number of methoxy groups -OCH3 is 1. The molecule has 0 amide bonds. The smallest absolute Gasteiger partial charge is 0.338 e. The van der Waals surface area contributed by atoms with Gasteiger partial charge in [-0.3, -0.25) is 0 Å². The van der Waals surface area contributed by atoms with Crippen molar-refractivity contribution in [2.45, 2.75) is 0 Å². The predicted molar refractivity (Wildman–Crippen MR) is 70.0 cm³/mol. The van der Waals surface area contributed by atoms with Crippen LogP contribution in [0.3, 0.4) is 0 Å². The molecule has 5 nitrogen and oxygen atoms in total. The Morgan fingerprint density at radius 2 is 2.25 bits per heavy atom. The maximum absolute atomic E-state index is 13.5. The Hall–Kier alpha value is -2.94. The van der Waals surface area contributed by atoms with Crippen LogP contribution < -0.4 is 5.32 Å². The molecular formula is C14H10FN3O2. The first-order valence-electron chi connectivity index (χ1n) is 5.65. The number of nitrogens with zero attached hydrogens (tertiary/aromatic N) is 2. The third-order valence-corrected chi connectivity index (χ3v) is 2.57. The van der Waals surface area contributed by atoms with E-state index in [1.165, 1.54) is 37.6 Å². The summed E-state index contributed by atoms with van der Waals surface area (Å²) >= 11 is 0. The zero-order valence-electron chi connectivity index (χ0n) is 10.6. The number of aromatic nitrogens is 1. The summed E-state index contributed by atoms with van der Waals surface area (Å²) in [5.74, 6) is -0.813. The average molecular weight is 271 g/mol. The fourth-order valence-electron chi connectivity index (χ4n) is 1.62. The zero-order chi connectivity index (χ0) is 14.5. The number of halogens is 1. The van der Waals surface area contributed by atoms with Crippen LogP contribution in [-0.4, -0.2) is 18.1 Å². The lowest BCUT2D eigenvalue weighted by Gasteiger charge is -2.08. The van der Waals surface area contributed by atoms with Crippen molar-refractivity contribution < 1.29 is 13.9 Å². The largest absolute Gasteiger partial charge is 0.465 e. The van der Waals surface area contributed by atoms with Crippen molar-refractivity contribution in [3.05, 3.63) is 53.5 Å².